The van der Waals surface area contributed by atoms with Crippen LogP contribution in [0.2, 0.25) is 0 Å². The Morgan fingerprint density at radius 1 is 1.17 bits per heavy atom. The monoisotopic (exact) mass is 326 g/mol. The molecule has 2 unspecified atom stereocenters. The lowest BCUT2D eigenvalue weighted by atomic mass is 10.2. The maximum atomic E-state index is 5.46. The highest BCUT2D eigenvalue weighted by Crippen LogP contribution is 2.41. The number of nitrogens with zero attached hydrogens (tertiary/aromatic N) is 2. The Bertz CT molecular complexity index is 529. The first kappa shape index (κ1) is 13.6. The van der Waals surface area contributed by atoms with Crippen molar-refractivity contribution in [1.82, 2.24) is 10.2 Å². The van der Waals surface area contributed by atoms with Gasteiger partial charge >= 0.3 is 0 Å². The third-order valence-corrected chi connectivity index (χ3v) is 4.64. The van der Waals surface area contributed by atoms with E-state index in [0.29, 0.717) is 17.0 Å². The Hall–Kier alpha value is -0.810. The lowest BCUT2D eigenvalue weighted by Crippen LogP contribution is -1.95. The molecule has 2 atom stereocenters. The van der Waals surface area contributed by atoms with Gasteiger partial charge in [-0.25, -0.2) is 0 Å². The Kier molecular flexibility index (Phi) is 4.45. The van der Waals surface area contributed by atoms with Crippen LogP contribution >= 0.6 is 27.7 Å². The molecule has 0 aliphatic heterocycles. The summed E-state index contributed by atoms with van der Waals surface area (Å²) in [4.78, 5) is 0. The number of thioether (sulfide) groups is 1. The second kappa shape index (κ2) is 5.89. The normalized spacial score (nSPS) is 14.4. The van der Waals surface area contributed by atoms with Crippen LogP contribution in [-0.4, -0.2) is 10.2 Å². The van der Waals surface area contributed by atoms with Crippen LogP contribution in [0.25, 0.3) is 0 Å². The van der Waals surface area contributed by atoms with E-state index in [9.17, 15) is 0 Å². The molecule has 2 aromatic rings. The summed E-state index contributed by atoms with van der Waals surface area (Å²) in [6, 6.07) is 8.27. The van der Waals surface area contributed by atoms with E-state index in [2.05, 4.69) is 58.2 Å². The van der Waals surface area contributed by atoms with Crippen molar-refractivity contribution in [2.24, 2.45) is 0 Å². The number of hydrogen-bond donors (Lipinski definition) is 0. The third kappa shape index (κ3) is 3.14. The lowest BCUT2D eigenvalue weighted by molar-refractivity contribution is 0.470. The standard InChI is InChI=1S/C13H15BrN2OS/c1-8(11-6-4-5-7-12(11)14)18-9(2)13-16-15-10(3)17-13/h4-9H,1-3H3. The molecular formula is C13H15BrN2OS. The Morgan fingerprint density at radius 3 is 2.50 bits per heavy atom. The van der Waals surface area contributed by atoms with Crippen molar-refractivity contribution in [1.29, 1.82) is 0 Å². The van der Waals surface area contributed by atoms with Crippen molar-refractivity contribution in [3.05, 3.63) is 46.1 Å². The topological polar surface area (TPSA) is 38.9 Å². The van der Waals surface area contributed by atoms with Crippen LogP contribution in [0.1, 0.15) is 41.7 Å². The molecule has 18 heavy (non-hydrogen) atoms. The quantitative estimate of drug-likeness (QED) is 0.816. The molecule has 0 radical (unpaired) electrons. The fourth-order valence-electron chi connectivity index (χ4n) is 1.72. The average molecular weight is 327 g/mol. The van der Waals surface area contributed by atoms with Gasteiger partial charge in [0.25, 0.3) is 0 Å². The van der Waals surface area contributed by atoms with E-state index in [1.54, 1.807) is 11.8 Å². The van der Waals surface area contributed by atoms with Gasteiger partial charge in [-0.2, -0.15) is 0 Å². The lowest BCUT2D eigenvalue weighted by Gasteiger charge is -2.16. The predicted molar refractivity (Wildman–Crippen MR) is 77.6 cm³/mol. The van der Waals surface area contributed by atoms with E-state index < -0.39 is 0 Å². The molecule has 1 aromatic carbocycles. The first-order valence-electron chi connectivity index (χ1n) is 5.78. The van der Waals surface area contributed by atoms with E-state index >= 15 is 0 Å². The van der Waals surface area contributed by atoms with Gasteiger partial charge in [0.2, 0.25) is 11.8 Å². The van der Waals surface area contributed by atoms with Gasteiger partial charge < -0.3 is 4.42 Å². The zero-order valence-corrected chi connectivity index (χ0v) is 13.0. The summed E-state index contributed by atoms with van der Waals surface area (Å²) in [5.41, 5.74) is 1.28. The third-order valence-electron chi connectivity index (χ3n) is 2.64. The average Bonchev–Trinajstić information content (AvgIpc) is 2.76. The minimum atomic E-state index is 0.188. The molecule has 3 nitrogen and oxygen atoms in total. The van der Waals surface area contributed by atoms with Gasteiger partial charge in [-0.1, -0.05) is 34.1 Å². The number of rotatable bonds is 4. The van der Waals surface area contributed by atoms with Crippen molar-refractivity contribution >= 4 is 27.7 Å². The van der Waals surface area contributed by atoms with Gasteiger partial charge in [0, 0.05) is 16.6 Å². The first-order chi connectivity index (χ1) is 8.58. The molecule has 0 aliphatic carbocycles. The Morgan fingerprint density at radius 2 is 1.89 bits per heavy atom. The SMILES string of the molecule is Cc1nnc(C(C)SC(C)c2ccccc2Br)o1. The summed E-state index contributed by atoms with van der Waals surface area (Å²) >= 11 is 5.39. The fourth-order valence-corrected chi connectivity index (χ4v) is 3.67. The molecule has 1 heterocycles. The maximum Gasteiger partial charge on any atom is 0.229 e. The van der Waals surface area contributed by atoms with Crippen molar-refractivity contribution in [3.63, 3.8) is 0 Å². The van der Waals surface area contributed by atoms with Crippen molar-refractivity contribution < 1.29 is 4.42 Å². The largest absolute Gasteiger partial charge is 0.424 e. The molecule has 5 heteroatoms. The van der Waals surface area contributed by atoms with Crippen LogP contribution in [0.4, 0.5) is 0 Å². The van der Waals surface area contributed by atoms with Crippen LogP contribution < -0.4 is 0 Å². The van der Waals surface area contributed by atoms with Gasteiger partial charge in [-0.3, -0.25) is 0 Å². The first-order valence-corrected chi connectivity index (χ1v) is 7.51. The molecule has 96 valence electrons. The highest BCUT2D eigenvalue weighted by Gasteiger charge is 2.18. The predicted octanol–water partition coefficient (Wildman–Crippen LogP) is 4.70. The highest BCUT2D eigenvalue weighted by molar-refractivity contribution is 9.10. The highest BCUT2D eigenvalue weighted by atomic mass is 79.9. The molecule has 0 saturated heterocycles. The van der Waals surface area contributed by atoms with Crippen molar-refractivity contribution in [2.45, 2.75) is 31.3 Å². The molecule has 0 fully saturated rings. The minimum Gasteiger partial charge on any atom is -0.424 e. The van der Waals surface area contributed by atoms with E-state index in [0.717, 1.165) is 4.47 Å². The van der Waals surface area contributed by atoms with Crippen LogP contribution in [-0.2, 0) is 0 Å². The zero-order valence-electron chi connectivity index (χ0n) is 10.6. The molecular weight excluding hydrogens is 312 g/mol. The van der Waals surface area contributed by atoms with E-state index in [1.165, 1.54) is 5.56 Å². The molecule has 2 rings (SSSR count). The molecule has 0 aliphatic rings. The molecule has 0 N–H and O–H groups in total. The summed E-state index contributed by atoms with van der Waals surface area (Å²) in [6.07, 6.45) is 0. The smallest absolute Gasteiger partial charge is 0.229 e. The number of aryl methyl sites for hydroxylation is 1. The van der Waals surface area contributed by atoms with Crippen molar-refractivity contribution in [2.75, 3.05) is 0 Å². The summed E-state index contributed by atoms with van der Waals surface area (Å²) in [5.74, 6) is 1.31. The van der Waals surface area contributed by atoms with Gasteiger partial charge in [0.1, 0.15) is 0 Å². The summed E-state index contributed by atoms with van der Waals surface area (Å²) in [5, 5.41) is 8.48. The summed E-state index contributed by atoms with van der Waals surface area (Å²) in [6.45, 7) is 6.08. The van der Waals surface area contributed by atoms with E-state index in [4.69, 9.17) is 4.42 Å². The second-order valence-electron chi connectivity index (χ2n) is 4.10. The van der Waals surface area contributed by atoms with Gasteiger partial charge in [0.15, 0.2) is 0 Å². The van der Waals surface area contributed by atoms with E-state index in [1.807, 2.05) is 13.0 Å². The number of hydrogen-bond acceptors (Lipinski definition) is 4. The van der Waals surface area contributed by atoms with Crippen LogP contribution in [0, 0.1) is 6.92 Å². The molecule has 0 saturated carbocycles. The fraction of sp³-hybridized carbons (Fsp3) is 0.385. The summed E-state index contributed by atoms with van der Waals surface area (Å²) in [7, 11) is 0. The molecule has 0 spiro atoms. The number of aromatic nitrogens is 2. The van der Waals surface area contributed by atoms with Crippen LogP contribution in [0.5, 0.6) is 0 Å². The number of halogens is 1. The molecule has 1 aromatic heterocycles. The maximum absolute atomic E-state index is 5.46. The Balaban J connectivity index is 2.08. The van der Waals surface area contributed by atoms with Crippen LogP contribution in [0.3, 0.4) is 0 Å². The van der Waals surface area contributed by atoms with Crippen molar-refractivity contribution in [3.8, 4) is 0 Å². The van der Waals surface area contributed by atoms with Crippen LogP contribution in [0.15, 0.2) is 33.2 Å². The summed E-state index contributed by atoms with van der Waals surface area (Å²) < 4.78 is 6.60. The van der Waals surface area contributed by atoms with E-state index in [-0.39, 0.29) is 5.25 Å². The zero-order chi connectivity index (χ0) is 13.1. The van der Waals surface area contributed by atoms with Gasteiger partial charge in [-0.15, -0.1) is 22.0 Å². The van der Waals surface area contributed by atoms with Gasteiger partial charge in [-0.05, 0) is 25.5 Å². The second-order valence-corrected chi connectivity index (χ2v) is 6.64. The Labute approximate surface area is 120 Å². The number of benzene rings is 1. The molecule has 0 bridgehead atoms. The van der Waals surface area contributed by atoms with Gasteiger partial charge in [0.05, 0.1) is 5.25 Å². The minimum absolute atomic E-state index is 0.188. The molecule has 0 amide bonds.